The Kier molecular flexibility index (Phi) is 6.59. The van der Waals surface area contributed by atoms with Gasteiger partial charge in [0.2, 0.25) is 0 Å². The van der Waals surface area contributed by atoms with Gasteiger partial charge in [-0.05, 0) is 61.9 Å². The van der Waals surface area contributed by atoms with Crippen LogP contribution in [0.3, 0.4) is 0 Å². The minimum Gasteiger partial charge on any atom is -0.497 e. The quantitative estimate of drug-likeness (QED) is 0.238. The maximum absolute atomic E-state index is 13.0. The van der Waals surface area contributed by atoms with E-state index in [1.165, 1.54) is 19.1 Å². The van der Waals surface area contributed by atoms with Gasteiger partial charge in [0.15, 0.2) is 11.7 Å². The van der Waals surface area contributed by atoms with E-state index < -0.39 is 18.4 Å². The molecule has 0 fully saturated rings. The third-order valence-corrected chi connectivity index (χ3v) is 6.34. The number of halogens is 3. The van der Waals surface area contributed by atoms with Crippen LogP contribution in [0.2, 0.25) is 0 Å². The number of nitrogens with zero attached hydrogens (tertiary/aromatic N) is 2. The van der Waals surface area contributed by atoms with E-state index in [2.05, 4.69) is 9.89 Å². The van der Waals surface area contributed by atoms with E-state index in [1.54, 1.807) is 49.6 Å². The van der Waals surface area contributed by atoms with Gasteiger partial charge >= 0.3 is 12.3 Å². The van der Waals surface area contributed by atoms with Gasteiger partial charge in [-0.15, -0.1) is 13.2 Å². The van der Waals surface area contributed by atoms with Gasteiger partial charge in [-0.1, -0.05) is 17.3 Å². The number of aromatic nitrogens is 2. The average Bonchev–Trinajstić information content (AvgIpc) is 3.40. The summed E-state index contributed by atoms with van der Waals surface area (Å²) in [5.74, 6) is -0.515. The van der Waals surface area contributed by atoms with Crippen molar-refractivity contribution in [2.45, 2.75) is 32.9 Å². The van der Waals surface area contributed by atoms with E-state index in [0.717, 1.165) is 11.3 Å². The van der Waals surface area contributed by atoms with Crippen molar-refractivity contribution in [2.75, 3.05) is 7.11 Å². The highest BCUT2D eigenvalue weighted by Crippen LogP contribution is 2.40. The largest absolute Gasteiger partial charge is 0.573 e. The molecule has 39 heavy (non-hydrogen) atoms. The predicted molar refractivity (Wildman–Crippen MR) is 136 cm³/mol. The van der Waals surface area contributed by atoms with Crippen LogP contribution in [-0.4, -0.2) is 40.4 Å². The fourth-order valence-electron chi connectivity index (χ4n) is 4.54. The Balaban J connectivity index is 1.66. The van der Waals surface area contributed by atoms with Crippen molar-refractivity contribution in [2.24, 2.45) is 0 Å². The summed E-state index contributed by atoms with van der Waals surface area (Å²) < 4.78 is 61.5. The molecule has 1 N–H and O–H groups in total. The van der Waals surface area contributed by atoms with Crippen LogP contribution in [0, 0.1) is 6.92 Å². The Hall–Kier alpha value is -4.67. The molecule has 8 nitrogen and oxygen atoms in total. The second-order valence-electron chi connectivity index (χ2n) is 8.91. The first kappa shape index (κ1) is 26.0. The lowest BCUT2D eigenvalue weighted by molar-refractivity contribution is -0.274. The van der Waals surface area contributed by atoms with Crippen molar-refractivity contribution < 1.29 is 41.8 Å². The molecule has 0 amide bonds. The molecule has 2 aromatic heterocycles. The highest BCUT2D eigenvalue weighted by Gasteiger charge is 2.31. The number of rotatable bonds is 8. The summed E-state index contributed by atoms with van der Waals surface area (Å²) in [5.41, 5.74) is 3.67. The van der Waals surface area contributed by atoms with Crippen LogP contribution < -0.4 is 14.2 Å². The van der Waals surface area contributed by atoms with Gasteiger partial charge in [0, 0.05) is 29.3 Å². The zero-order valence-corrected chi connectivity index (χ0v) is 21.1. The number of fused-ring (bicyclic) bond motifs is 2. The molecule has 11 heteroatoms. The first-order valence-electron chi connectivity index (χ1n) is 11.8. The van der Waals surface area contributed by atoms with Gasteiger partial charge in [-0.2, -0.15) is 0 Å². The van der Waals surface area contributed by atoms with Crippen molar-refractivity contribution >= 4 is 27.8 Å². The molecule has 5 aromatic rings. The van der Waals surface area contributed by atoms with E-state index >= 15 is 0 Å². The zero-order chi connectivity index (χ0) is 27.9. The molecule has 5 rings (SSSR count). The second-order valence-corrected chi connectivity index (χ2v) is 8.91. The predicted octanol–water partition coefficient (Wildman–Crippen LogP) is 6.57. The number of carbonyl (C=O) groups is 1. The second kappa shape index (κ2) is 9.90. The zero-order valence-electron chi connectivity index (χ0n) is 21.1. The molecule has 0 aliphatic rings. The van der Waals surface area contributed by atoms with Gasteiger partial charge in [-0.25, -0.2) is 4.79 Å². The summed E-state index contributed by atoms with van der Waals surface area (Å²) in [4.78, 5) is 11.2. The fraction of sp³-hybridized carbons (Fsp3) is 0.214. The third kappa shape index (κ3) is 5.20. The van der Waals surface area contributed by atoms with Crippen molar-refractivity contribution in [3.63, 3.8) is 0 Å². The van der Waals surface area contributed by atoms with Crippen molar-refractivity contribution in [1.29, 1.82) is 0 Å². The highest BCUT2D eigenvalue weighted by molar-refractivity contribution is 6.04. The molecule has 202 valence electrons. The first-order valence-corrected chi connectivity index (χ1v) is 11.8. The Labute approximate surface area is 220 Å². The number of methoxy groups -OCH3 is 1. The van der Waals surface area contributed by atoms with E-state index in [0.29, 0.717) is 44.6 Å². The lowest BCUT2D eigenvalue weighted by atomic mass is 10.0. The first-order chi connectivity index (χ1) is 18.5. The molecule has 0 bridgehead atoms. The monoisotopic (exact) mass is 540 g/mol. The summed E-state index contributed by atoms with van der Waals surface area (Å²) in [6.45, 7) is 3.51. The normalized spacial score (nSPS) is 12.6. The molecule has 0 saturated carbocycles. The van der Waals surface area contributed by atoms with Crippen LogP contribution in [0.1, 0.15) is 18.2 Å². The number of hydrogen-bond acceptors (Lipinski definition) is 6. The smallest absolute Gasteiger partial charge is 0.497 e. The standard InChI is InChI=1S/C28H23F3N2O6/c1-15-25(26-22-12-18(36-3)8-10-24(22)39-32-26)21-9-7-20(38-28(29,30)31)13-23(21)33(15)14-17-5-4-6-19(11-17)37-16(2)27(34)35/h4-13,16H,14H2,1-3H3,(H,34,35)/t16-/m1/s1. The highest BCUT2D eigenvalue weighted by atomic mass is 19.4. The number of carboxylic acids is 1. The topological polar surface area (TPSA) is 96.0 Å². The van der Waals surface area contributed by atoms with Gasteiger partial charge in [0.25, 0.3) is 0 Å². The Morgan fingerprint density at radius 3 is 2.54 bits per heavy atom. The average molecular weight is 540 g/mol. The van der Waals surface area contributed by atoms with Crippen LogP contribution in [0.5, 0.6) is 17.2 Å². The summed E-state index contributed by atoms with van der Waals surface area (Å²) in [7, 11) is 1.54. The molecule has 0 spiro atoms. The van der Waals surface area contributed by atoms with Crippen LogP contribution >= 0.6 is 0 Å². The summed E-state index contributed by atoms with van der Waals surface area (Å²) in [6, 6.07) is 16.3. The molecule has 0 unspecified atom stereocenters. The molecule has 1 atom stereocenters. The summed E-state index contributed by atoms with van der Waals surface area (Å²) >= 11 is 0. The Morgan fingerprint density at radius 2 is 1.82 bits per heavy atom. The third-order valence-electron chi connectivity index (χ3n) is 6.34. The minimum absolute atomic E-state index is 0.246. The maximum atomic E-state index is 13.0. The Bertz CT molecular complexity index is 1690. The minimum atomic E-state index is -4.85. The number of benzene rings is 3. The number of alkyl halides is 3. The van der Waals surface area contributed by atoms with Crippen LogP contribution in [0.15, 0.2) is 65.2 Å². The molecule has 0 saturated heterocycles. The van der Waals surface area contributed by atoms with Crippen molar-refractivity contribution in [3.8, 4) is 28.5 Å². The lowest BCUT2D eigenvalue weighted by Gasteiger charge is -2.14. The SMILES string of the molecule is COc1ccc2onc(-c3c(C)n(Cc4cccc(O[C@H](C)C(=O)O)c4)c4cc(OC(F)(F)F)ccc34)c2c1. The van der Waals surface area contributed by atoms with Gasteiger partial charge in [0.1, 0.15) is 22.9 Å². The number of ether oxygens (including phenoxy) is 3. The van der Waals surface area contributed by atoms with Crippen LogP contribution in [0.25, 0.3) is 33.1 Å². The lowest BCUT2D eigenvalue weighted by Crippen LogP contribution is -2.22. The van der Waals surface area contributed by atoms with Crippen molar-refractivity contribution in [3.05, 3.63) is 71.9 Å². The molecular formula is C28H23F3N2O6. The molecular weight excluding hydrogens is 517 g/mol. The molecule has 0 aliphatic carbocycles. The van der Waals surface area contributed by atoms with Crippen LogP contribution in [0.4, 0.5) is 13.2 Å². The van der Waals surface area contributed by atoms with E-state index in [1.807, 2.05) is 17.6 Å². The maximum Gasteiger partial charge on any atom is 0.573 e. The molecule has 3 aromatic carbocycles. The van der Waals surface area contributed by atoms with E-state index in [-0.39, 0.29) is 12.3 Å². The number of hydrogen-bond donors (Lipinski definition) is 1. The Morgan fingerprint density at radius 1 is 1.05 bits per heavy atom. The molecule has 0 aliphatic heterocycles. The summed E-state index contributed by atoms with van der Waals surface area (Å²) in [5, 5.41) is 14.8. The van der Waals surface area contributed by atoms with Gasteiger partial charge in [0.05, 0.1) is 18.0 Å². The fourth-order valence-corrected chi connectivity index (χ4v) is 4.54. The van der Waals surface area contributed by atoms with Gasteiger partial charge < -0.3 is 28.4 Å². The number of aliphatic carboxylic acids is 1. The van der Waals surface area contributed by atoms with Gasteiger partial charge in [-0.3, -0.25) is 0 Å². The summed E-state index contributed by atoms with van der Waals surface area (Å²) in [6.07, 6.45) is -5.91. The number of carboxylic acid groups (broad SMARTS) is 1. The molecule has 2 heterocycles. The van der Waals surface area contributed by atoms with Crippen molar-refractivity contribution in [1.82, 2.24) is 9.72 Å². The van der Waals surface area contributed by atoms with E-state index in [9.17, 15) is 18.0 Å². The van der Waals surface area contributed by atoms with E-state index in [4.69, 9.17) is 19.1 Å². The van der Waals surface area contributed by atoms with Crippen LogP contribution in [-0.2, 0) is 11.3 Å². The molecule has 0 radical (unpaired) electrons.